The maximum absolute atomic E-state index is 12.2. The van der Waals surface area contributed by atoms with Crippen LogP contribution in [0.4, 0.5) is 4.79 Å². The third kappa shape index (κ3) is 8.92. The molecule has 0 bridgehead atoms. The van der Waals surface area contributed by atoms with Gasteiger partial charge in [-0.3, -0.25) is 9.79 Å². The maximum Gasteiger partial charge on any atom is 0.408 e. The summed E-state index contributed by atoms with van der Waals surface area (Å²) in [6, 6.07) is 0. The molecule has 1 unspecified atom stereocenters. The van der Waals surface area contributed by atoms with Crippen LogP contribution in [-0.4, -0.2) is 56.4 Å². The number of methoxy groups -OCH3 is 1. The number of hydrogen-bond acceptors (Lipinski definition) is 5. The number of amides is 1. The van der Waals surface area contributed by atoms with Crippen molar-refractivity contribution in [2.45, 2.75) is 65.5 Å². The average Bonchev–Trinajstić information content (AvgIpc) is 2.57. The average molecular weight is 373 g/mol. The third-order valence-electron chi connectivity index (χ3n) is 4.12. The fourth-order valence-electron chi connectivity index (χ4n) is 2.25. The summed E-state index contributed by atoms with van der Waals surface area (Å²) in [5.74, 6) is -0.0189. The molecule has 8 heteroatoms. The highest BCUT2D eigenvalue weighted by molar-refractivity contribution is 5.81. The molecular weight excluding hydrogens is 336 g/mol. The van der Waals surface area contributed by atoms with Crippen molar-refractivity contribution in [1.29, 1.82) is 0 Å². The summed E-state index contributed by atoms with van der Waals surface area (Å²) in [6.07, 6.45) is 1.02. The smallest absolute Gasteiger partial charge is 0.408 e. The Hall–Kier alpha value is -1.99. The van der Waals surface area contributed by atoms with Crippen molar-refractivity contribution < 1.29 is 19.1 Å². The normalized spacial score (nSPS) is 13.6. The van der Waals surface area contributed by atoms with Crippen molar-refractivity contribution >= 4 is 18.0 Å². The quantitative estimate of drug-likeness (QED) is 0.342. The van der Waals surface area contributed by atoms with Gasteiger partial charge in [0.05, 0.1) is 18.6 Å². The van der Waals surface area contributed by atoms with Crippen molar-refractivity contribution in [2.75, 3.05) is 27.2 Å². The summed E-state index contributed by atoms with van der Waals surface area (Å²) < 4.78 is 10.1. The number of guanidine groups is 1. The molecule has 0 rings (SSSR count). The van der Waals surface area contributed by atoms with E-state index in [0.717, 1.165) is 12.8 Å². The Morgan fingerprint density at radius 3 is 2.12 bits per heavy atom. The molecule has 0 aromatic heterocycles. The number of nitrogens with one attached hydrogen (secondary N) is 3. The van der Waals surface area contributed by atoms with Gasteiger partial charge in [-0.15, -0.1) is 0 Å². The molecule has 0 aliphatic heterocycles. The molecule has 0 aromatic carbocycles. The zero-order chi connectivity index (χ0) is 20.4. The van der Waals surface area contributed by atoms with Gasteiger partial charge in [0.2, 0.25) is 0 Å². The van der Waals surface area contributed by atoms with Crippen molar-refractivity contribution in [1.82, 2.24) is 16.0 Å². The van der Waals surface area contributed by atoms with Gasteiger partial charge >= 0.3 is 12.1 Å². The van der Waals surface area contributed by atoms with Gasteiger partial charge in [-0.25, -0.2) is 4.79 Å². The maximum atomic E-state index is 12.2. The zero-order valence-corrected chi connectivity index (χ0v) is 17.5. The standard InChI is InChI=1S/C18H36N4O4/c1-9-18(10-2,22-16(24)26-17(4,5)6)12-21-15(19-7)20-11-13(3)14(23)25-8/h13H,9-12H2,1-8H3,(H,22,24)(H2,19,20,21). The Labute approximate surface area is 157 Å². The van der Waals surface area contributed by atoms with Crippen LogP contribution in [0.3, 0.4) is 0 Å². The molecule has 1 atom stereocenters. The second-order valence-electron chi connectivity index (χ2n) is 7.35. The number of hydrogen-bond donors (Lipinski definition) is 3. The number of rotatable bonds is 8. The van der Waals surface area contributed by atoms with E-state index in [9.17, 15) is 9.59 Å². The van der Waals surface area contributed by atoms with Crippen LogP contribution in [0.1, 0.15) is 54.4 Å². The highest BCUT2D eigenvalue weighted by atomic mass is 16.6. The Balaban J connectivity index is 4.78. The number of nitrogens with zero attached hydrogens (tertiary/aromatic N) is 1. The van der Waals surface area contributed by atoms with E-state index in [2.05, 4.69) is 20.9 Å². The van der Waals surface area contributed by atoms with E-state index < -0.39 is 17.2 Å². The fourth-order valence-corrected chi connectivity index (χ4v) is 2.25. The van der Waals surface area contributed by atoms with E-state index in [1.54, 1.807) is 14.0 Å². The second kappa shape index (κ2) is 10.9. The molecule has 0 aromatic rings. The van der Waals surface area contributed by atoms with Crippen LogP contribution in [0.2, 0.25) is 0 Å². The van der Waals surface area contributed by atoms with Gasteiger partial charge in [-0.1, -0.05) is 20.8 Å². The van der Waals surface area contributed by atoms with Gasteiger partial charge in [0.1, 0.15) is 5.60 Å². The molecule has 3 N–H and O–H groups in total. The summed E-state index contributed by atoms with van der Waals surface area (Å²) in [5.41, 5.74) is -1.01. The van der Waals surface area contributed by atoms with Gasteiger partial charge < -0.3 is 25.4 Å². The molecule has 0 aliphatic rings. The van der Waals surface area contributed by atoms with Gasteiger partial charge in [-0.2, -0.15) is 0 Å². The lowest BCUT2D eigenvalue weighted by Crippen LogP contribution is -2.57. The molecular formula is C18H36N4O4. The molecule has 152 valence electrons. The van der Waals surface area contributed by atoms with E-state index >= 15 is 0 Å². The van der Waals surface area contributed by atoms with Crippen molar-refractivity contribution in [3.8, 4) is 0 Å². The Morgan fingerprint density at radius 2 is 1.69 bits per heavy atom. The van der Waals surface area contributed by atoms with Gasteiger partial charge in [0.15, 0.2) is 5.96 Å². The molecule has 8 nitrogen and oxygen atoms in total. The first kappa shape index (κ1) is 24.0. The Kier molecular flexibility index (Phi) is 10.0. The predicted molar refractivity (Wildman–Crippen MR) is 103 cm³/mol. The molecule has 0 saturated heterocycles. The lowest BCUT2D eigenvalue weighted by molar-refractivity contribution is -0.144. The summed E-state index contributed by atoms with van der Waals surface area (Å²) in [4.78, 5) is 27.8. The number of esters is 1. The first-order valence-electron chi connectivity index (χ1n) is 9.06. The number of alkyl carbamates (subject to hydrolysis) is 1. The molecule has 0 aliphatic carbocycles. The van der Waals surface area contributed by atoms with Crippen molar-refractivity contribution in [3.05, 3.63) is 0 Å². The van der Waals surface area contributed by atoms with E-state index in [-0.39, 0.29) is 11.9 Å². The first-order valence-corrected chi connectivity index (χ1v) is 9.06. The Morgan fingerprint density at radius 1 is 1.12 bits per heavy atom. The van der Waals surface area contributed by atoms with Gasteiger partial charge in [0, 0.05) is 20.1 Å². The molecule has 26 heavy (non-hydrogen) atoms. The highest BCUT2D eigenvalue weighted by Gasteiger charge is 2.30. The number of ether oxygens (including phenoxy) is 2. The number of carbonyl (C=O) groups is 2. The lowest BCUT2D eigenvalue weighted by Gasteiger charge is -2.34. The molecule has 0 heterocycles. The molecule has 0 saturated carbocycles. The minimum absolute atomic E-state index is 0.281. The third-order valence-corrected chi connectivity index (χ3v) is 4.12. The van der Waals surface area contributed by atoms with Gasteiger partial charge in [-0.05, 0) is 33.6 Å². The minimum Gasteiger partial charge on any atom is -0.469 e. The topological polar surface area (TPSA) is 101 Å². The van der Waals surface area contributed by atoms with Crippen LogP contribution < -0.4 is 16.0 Å². The minimum atomic E-state index is -0.549. The summed E-state index contributed by atoms with van der Waals surface area (Å²) in [6.45, 7) is 12.2. The second-order valence-corrected chi connectivity index (χ2v) is 7.35. The number of carbonyl (C=O) groups excluding carboxylic acids is 2. The zero-order valence-electron chi connectivity index (χ0n) is 17.5. The monoisotopic (exact) mass is 372 g/mol. The van der Waals surface area contributed by atoms with E-state index in [1.165, 1.54) is 7.11 Å². The SMILES string of the molecule is CCC(CC)(CNC(=NC)NCC(C)C(=O)OC)NC(=O)OC(C)(C)C. The molecule has 0 spiro atoms. The van der Waals surface area contributed by atoms with Crippen molar-refractivity contribution in [3.63, 3.8) is 0 Å². The summed E-state index contributed by atoms with van der Waals surface area (Å²) >= 11 is 0. The summed E-state index contributed by atoms with van der Waals surface area (Å²) in [7, 11) is 3.02. The molecule has 1 amide bonds. The number of aliphatic imine (C=N–C) groups is 1. The van der Waals surface area contributed by atoms with Crippen molar-refractivity contribution in [2.24, 2.45) is 10.9 Å². The van der Waals surface area contributed by atoms with E-state index in [4.69, 9.17) is 9.47 Å². The van der Waals surface area contributed by atoms with Crippen LogP contribution in [-0.2, 0) is 14.3 Å². The molecule has 0 fully saturated rings. The van der Waals surface area contributed by atoms with Crippen LogP contribution in [0.5, 0.6) is 0 Å². The predicted octanol–water partition coefficient (Wildman–Crippen LogP) is 2.04. The van der Waals surface area contributed by atoms with Gasteiger partial charge in [0.25, 0.3) is 0 Å². The largest absolute Gasteiger partial charge is 0.469 e. The highest BCUT2D eigenvalue weighted by Crippen LogP contribution is 2.16. The summed E-state index contributed by atoms with van der Waals surface area (Å²) in [5, 5.41) is 9.28. The van der Waals surface area contributed by atoms with E-state index in [0.29, 0.717) is 19.0 Å². The Bertz CT molecular complexity index is 482. The van der Waals surface area contributed by atoms with Crippen LogP contribution >= 0.6 is 0 Å². The fraction of sp³-hybridized carbons (Fsp3) is 0.833. The molecule has 0 radical (unpaired) electrons. The first-order chi connectivity index (χ1) is 12.0. The lowest BCUT2D eigenvalue weighted by atomic mass is 9.93. The van der Waals surface area contributed by atoms with E-state index in [1.807, 2.05) is 34.6 Å². The van der Waals surface area contributed by atoms with Crippen LogP contribution in [0, 0.1) is 5.92 Å². The van der Waals surface area contributed by atoms with Crippen LogP contribution in [0.15, 0.2) is 4.99 Å². The van der Waals surface area contributed by atoms with Crippen LogP contribution in [0.25, 0.3) is 0 Å².